The number of hydrogen-bond donors (Lipinski definition) is 1. The predicted octanol–water partition coefficient (Wildman–Crippen LogP) is -2.06. The molecule has 0 amide bonds. The molecule has 2 fully saturated rings. The Morgan fingerprint density at radius 2 is 1.60 bits per heavy atom. The van der Waals surface area contributed by atoms with Crippen LogP contribution < -0.4 is 27.4 Å². The summed E-state index contributed by atoms with van der Waals surface area (Å²) >= 11 is 0. The first kappa shape index (κ1) is 15.4. The molecule has 0 atom stereocenters. The maximum atomic E-state index is 5.22. The number of ether oxygens (including phenoxy) is 1. The van der Waals surface area contributed by atoms with Gasteiger partial charge in [-0.25, -0.2) is 0 Å². The fourth-order valence-electron chi connectivity index (χ4n) is 3.26. The van der Waals surface area contributed by atoms with Crippen LogP contribution in [-0.4, -0.2) is 64.0 Å². The number of halogens is 1. The zero-order valence-electron chi connectivity index (χ0n) is 12.1. The van der Waals surface area contributed by atoms with Gasteiger partial charge in [0.1, 0.15) is 5.75 Å². The van der Waals surface area contributed by atoms with E-state index < -0.39 is 0 Å². The maximum Gasteiger partial charge on any atom is 0.119 e. The van der Waals surface area contributed by atoms with Gasteiger partial charge in [0.2, 0.25) is 0 Å². The average Bonchev–Trinajstić information content (AvgIpc) is 2.49. The number of nitrogens with one attached hydrogen (secondary N) is 1. The summed E-state index contributed by atoms with van der Waals surface area (Å²) < 4.78 is 6.54. The van der Waals surface area contributed by atoms with E-state index in [0.29, 0.717) is 0 Å². The van der Waals surface area contributed by atoms with Gasteiger partial charge in [-0.15, -0.1) is 0 Å². The monoisotopic (exact) mass is 297 g/mol. The molecule has 5 heteroatoms. The van der Waals surface area contributed by atoms with Crippen molar-refractivity contribution < 1.29 is 21.6 Å². The number of methoxy groups -OCH3 is 1. The third-order valence-electron chi connectivity index (χ3n) is 4.65. The van der Waals surface area contributed by atoms with Crippen molar-refractivity contribution >= 4 is 5.69 Å². The lowest BCUT2D eigenvalue weighted by molar-refractivity contribution is -0.930. The molecule has 3 rings (SSSR count). The van der Waals surface area contributed by atoms with Gasteiger partial charge in [-0.3, -0.25) is 0 Å². The molecule has 2 heterocycles. The lowest BCUT2D eigenvalue weighted by Crippen LogP contribution is -3.00. The molecular weight excluding hydrogens is 274 g/mol. The van der Waals surface area contributed by atoms with Crippen molar-refractivity contribution in [1.29, 1.82) is 0 Å². The molecule has 2 saturated heterocycles. The van der Waals surface area contributed by atoms with E-state index in [-0.39, 0.29) is 12.4 Å². The van der Waals surface area contributed by atoms with E-state index in [1.807, 2.05) is 0 Å². The van der Waals surface area contributed by atoms with Crippen LogP contribution in [0.15, 0.2) is 24.3 Å². The molecule has 0 aliphatic carbocycles. The Kier molecular flexibility index (Phi) is 5.13. The number of rotatable bonds is 2. The van der Waals surface area contributed by atoms with Gasteiger partial charge in [0.15, 0.2) is 0 Å². The summed E-state index contributed by atoms with van der Waals surface area (Å²) in [6, 6.07) is 8.46. The average molecular weight is 298 g/mol. The standard InChI is InChI=1S/C15H24N3O.ClH/c1-19-15-4-2-14(3-5-15)17-8-12-18(13-9-17)10-6-16-7-11-18;/h2-5,16H,6-13H2,1H3;1H/q+1;/p-1. The fourth-order valence-corrected chi connectivity index (χ4v) is 3.26. The van der Waals surface area contributed by atoms with Crippen molar-refractivity contribution in [2.24, 2.45) is 0 Å². The van der Waals surface area contributed by atoms with Crippen molar-refractivity contribution in [3.05, 3.63) is 24.3 Å². The Labute approximate surface area is 127 Å². The molecule has 0 aromatic heterocycles. The van der Waals surface area contributed by atoms with Gasteiger partial charge < -0.3 is 31.8 Å². The van der Waals surface area contributed by atoms with E-state index in [2.05, 4.69) is 34.5 Å². The number of piperazine rings is 2. The zero-order valence-corrected chi connectivity index (χ0v) is 12.9. The fraction of sp³-hybridized carbons (Fsp3) is 0.600. The SMILES string of the molecule is COc1ccc(N2CC[N+]3(CCNCC3)CC2)cc1.[Cl-]. The molecule has 1 spiro atoms. The Morgan fingerprint density at radius 3 is 2.15 bits per heavy atom. The largest absolute Gasteiger partial charge is 1.00 e. The molecule has 2 aliphatic heterocycles. The van der Waals surface area contributed by atoms with Crippen molar-refractivity contribution in [1.82, 2.24) is 5.32 Å². The van der Waals surface area contributed by atoms with E-state index in [4.69, 9.17) is 4.74 Å². The molecule has 2 aliphatic rings. The minimum atomic E-state index is 0. The normalized spacial score (nSPS) is 21.4. The van der Waals surface area contributed by atoms with Crippen molar-refractivity contribution in [2.45, 2.75) is 0 Å². The van der Waals surface area contributed by atoms with Gasteiger partial charge in [0.25, 0.3) is 0 Å². The second-order valence-corrected chi connectivity index (χ2v) is 5.67. The van der Waals surface area contributed by atoms with Crippen LogP contribution in [0.2, 0.25) is 0 Å². The summed E-state index contributed by atoms with van der Waals surface area (Å²) in [6.45, 7) is 9.89. The van der Waals surface area contributed by atoms with E-state index in [1.165, 1.54) is 62.5 Å². The lowest BCUT2D eigenvalue weighted by atomic mass is 10.1. The summed E-state index contributed by atoms with van der Waals surface area (Å²) in [6.07, 6.45) is 0. The second-order valence-electron chi connectivity index (χ2n) is 5.67. The highest BCUT2D eigenvalue weighted by molar-refractivity contribution is 5.49. The number of benzene rings is 1. The summed E-state index contributed by atoms with van der Waals surface area (Å²) in [5, 5.41) is 3.47. The number of quaternary nitrogens is 1. The quantitative estimate of drug-likeness (QED) is 0.636. The summed E-state index contributed by atoms with van der Waals surface area (Å²) in [4.78, 5) is 2.50. The van der Waals surface area contributed by atoms with Gasteiger partial charge in [-0.1, -0.05) is 0 Å². The minimum Gasteiger partial charge on any atom is -1.00 e. The molecule has 1 N–H and O–H groups in total. The van der Waals surface area contributed by atoms with Crippen LogP contribution in [-0.2, 0) is 0 Å². The first-order chi connectivity index (χ1) is 9.31. The van der Waals surface area contributed by atoms with Gasteiger partial charge >= 0.3 is 0 Å². The Morgan fingerprint density at radius 1 is 1.00 bits per heavy atom. The van der Waals surface area contributed by atoms with Gasteiger partial charge in [0, 0.05) is 18.8 Å². The summed E-state index contributed by atoms with van der Waals surface area (Å²) in [5.74, 6) is 0.936. The second kappa shape index (κ2) is 6.66. The van der Waals surface area contributed by atoms with Crippen molar-refractivity contribution in [3.8, 4) is 5.75 Å². The molecule has 0 radical (unpaired) electrons. The molecule has 112 valence electrons. The molecule has 0 unspecified atom stereocenters. The number of hydrogen-bond acceptors (Lipinski definition) is 3. The highest BCUT2D eigenvalue weighted by Gasteiger charge is 2.34. The van der Waals surface area contributed by atoms with Crippen LogP contribution in [0, 0.1) is 0 Å². The highest BCUT2D eigenvalue weighted by Crippen LogP contribution is 2.23. The minimum absolute atomic E-state index is 0. The van der Waals surface area contributed by atoms with Crippen molar-refractivity contribution in [3.63, 3.8) is 0 Å². The number of nitrogens with zero attached hydrogens (tertiary/aromatic N) is 2. The molecular formula is C15H24ClN3O. The van der Waals surface area contributed by atoms with Gasteiger partial charge in [-0.05, 0) is 24.3 Å². The highest BCUT2D eigenvalue weighted by atomic mass is 35.5. The van der Waals surface area contributed by atoms with Crippen LogP contribution in [0.3, 0.4) is 0 Å². The van der Waals surface area contributed by atoms with Gasteiger partial charge in [0.05, 0.1) is 46.4 Å². The van der Waals surface area contributed by atoms with E-state index in [1.54, 1.807) is 7.11 Å². The molecule has 20 heavy (non-hydrogen) atoms. The smallest absolute Gasteiger partial charge is 0.119 e. The molecule has 0 bridgehead atoms. The first-order valence-electron chi connectivity index (χ1n) is 7.26. The third kappa shape index (κ3) is 3.19. The molecule has 1 aromatic carbocycles. The Hall–Kier alpha value is -0.970. The zero-order chi connectivity index (χ0) is 13.1. The van der Waals surface area contributed by atoms with Crippen LogP contribution in [0.1, 0.15) is 0 Å². The Balaban J connectivity index is 0.00000147. The Bertz CT molecular complexity index is 408. The van der Waals surface area contributed by atoms with Crippen LogP contribution in [0.5, 0.6) is 5.75 Å². The van der Waals surface area contributed by atoms with E-state index in [9.17, 15) is 0 Å². The van der Waals surface area contributed by atoms with Crippen LogP contribution in [0.25, 0.3) is 0 Å². The van der Waals surface area contributed by atoms with Crippen LogP contribution in [0.4, 0.5) is 5.69 Å². The predicted molar refractivity (Wildman–Crippen MR) is 77.8 cm³/mol. The third-order valence-corrected chi connectivity index (χ3v) is 4.65. The molecule has 0 saturated carbocycles. The first-order valence-corrected chi connectivity index (χ1v) is 7.26. The summed E-state index contributed by atoms with van der Waals surface area (Å²) in [7, 11) is 1.72. The van der Waals surface area contributed by atoms with Gasteiger partial charge in [-0.2, -0.15) is 0 Å². The van der Waals surface area contributed by atoms with Crippen molar-refractivity contribution in [2.75, 3.05) is 64.4 Å². The molecule has 1 aromatic rings. The maximum absolute atomic E-state index is 5.22. The molecule has 4 nitrogen and oxygen atoms in total. The van der Waals surface area contributed by atoms with E-state index >= 15 is 0 Å². The lowest BCUT2D eigenvalue weighted by Gasteiger charge is -2.47. The summed E-state index contributed by atoms with van der Waals surface area (Å²) in [5.41, 5.74) is 1.33. The van der Waals surface area contributed by atoms with E-state index in [0.717, 1.165) is 5.75 Å². The number of anilines is 1. The van der Waals surface area contributed by atoms with Crippen LogP contribution >= 0.6 is 0 Å². The topological polar surface area (TPSA) is 24.5 Å².